The molecule has 0 saturated heterocycles. The molecule has 1 rings (SSSR count). The molecule has 0 unspecified atom stereocenters. The van der Waals surface area contributed by atoms with E-state index in [-0.39, 0.29) is 0 Å². The van der Waals surface area contributed by atoms with Crippen molar-refractivity contribution in [2.45, 2.75) is 27.2 Å². The molecule has 0 atom stereocenters. The summed E-state index contributed by atoms with van der Waals surface area (Å²) in [5, 5.41) is 8.58. The molecule has 0 fully saturated rings. The third kappa shape index (κ3) is 3.08. The second-order valence-corrected chi connectivity index (χ2v) is 4.44. The molecule has 2 heteroatoms. The van der Waals surface area contributed by atoms with Gasteiger partial charge in [-0.15, -0.1) is 0 Å². The van der Waals surface area contributed by atoms with Crippen LogP contribution < -0.4 is 0 Å². The average Bonchev–Trinajstić information content (AvgIpc) is 2.25. The van der Waals surface area contributed by atoms with Crippen LogP contribution in [0.2, 0.25) is 0 Å². The van der Waals surface area contributed by atoms with E-state index in [2.05, 4.69) is 43.9 Å². The smallest absolute Gasteiger partial charge is 0.0863 e. The van der Waals surface area contributed by atoms with E-state index in [9.17, 15) is 0 Å². The summed E-state index contributed by atoms with van der Waals surface area (Å²) < 4.78 is 0. The molecule has 86 valence electrons. The molecule has 0 N–H and O–H groups in total. The van der Waals surface area contributed by atoms with Crippen molar-refractivity contribution in [2.75, 3.05) is 20.1 Å². The van der Waals surface area contributed by atoms with Gasteiger partial charge in [-0.1, -0.05) is 12.1 Å². The molecule has 0 aliphatic heterocycles. The third-order valence-electron chi connectivity index (χ3n) is 3.27. The molecule has 0 aliphatic carbocycles. The fraction of sp³-hybridized carbons (Fsp3) is 0.500. The van der Waals surface area contributed by atoms with E-state index in [0.717, 1.165) is 13.0 Å². The van der Waals surface area contributed by atoms with Gasteiger partial charge in [0, 0.05) is 6.54 Å². The van der Waals surface area contributed by atoms with Crippen LogP contribution in [0.3, 0.4) is 0 Å². The van der Waals surface area contributed by atoms with Gasteiger partial charge in [0.05, 0.1) is 12.6 Å². The minimum Gasteiger partial charge on any atom is -0.293 e. The maximum atomic E-state index is 8.58. The molecule has 0 amide bonds. The predicted octanol–water partition coefficient (Wildman–Crippen LogP) is 2.61. The lowest BCUT2D eigenvalue weighted by atomic mass is 9.97. The number of hydrogen-bond acceptors (Lipinski definition) is 2. The largest absolute Gasteiger partial charge is 0.293 e. The molecule has 0 bridgehead atoms. The fourth-order valence-corrected chi connectivity index (χ4v) is 1.79. The Balaban J connectivity index is 2.69. The number of aryl methyl sites for hydroxylation is 1. The van der Waals surface area contributed by atoms with E-state index >= 15 is 0 Å². The van der Waals surface area contributed by atoms with E-state index in [1.165, 1.54) is 22.3 Å². The summed E-state index contributed by atoms with van der Waals surface area (Å²) in [4.78, 5) is 2.05. The molecular formula is C14H20N2. The number of rotatable bonds is 4. The van der Waals surface area contributed by atoms with Crippen molar-refractivity contribution in [3.05, 3.63) is 34.4 Å². The third-order valence-corrected chi connectivity index (χ3v) is 3.27. The Morgan fingerprint density at radius 3 is 2.50 bits per heavy atom. The molecular weight excluding hydrogens is 196 g/mol. The molecule has 0 aliphatic rings. The highest BCUT2D eigenvalue weighted by atomic mass is 15.1. The van der Waals surface area contributed by atoms with Crippen molar-refractivity contribution in [1.29, 1.82) is 5.26 Å². The van der Waals surface area contributed by atoms with Crippen LogP contribution in [0.15, 0.2) is 12.1 Å². The normalized spacial score (nSPS) is 10.5. The van der Waals surface area contributed by atoms with Crippen molar-refractivity contribution in [3.63, 3.8) is 0 Å². The Morgan fingerprint density at radius 1 is 1.19 bits per heavy atom. The molecule has 0 heterocycles. The molecule has 0 saturated carbocycles. The van der Waals surface area contributed by atoms with E-state index in [4.69, 9.17) is 5.26 Å². The van der Waals surface area contributed by atoms with Gasteiger partial charge in [0.1, 0.15) is 0 Å². The van der Waals surface area contributed by atoms with Crippen molar-refractivity contribution < 1.29 is 0 Å². The number of hydrogen-bond donors (Lipinski definition) is 0. The average molecular weight is 216 g/mol. The van der Waals surface area contributed by atoms with E-state index < -0.39 is 0 Å². The zero-order valence-corrected chi connectivity index (χ0v) is 10.7. The minimum absolute atomic E-state index is 0.504. The van der Waals surface area contributed by atoms with E-state index in [0.29, 0.717) is 6.54 Å². The van der Waals surface area contributed by atoms with Gasteiger partial charge in [-0.3, -0.25) is 4.90 Å². The summed E-state index contributed by atoms with van der Waals surface area (Å²) in [6, 6.07) is 6.55. The van der Waals surface area contributed by atoms with Crippen molar-refractivity contribution >= 4 is 0 Å². The zero-order valence-electron chi connectivity index (χ0n) is 10.7. The predicted molar refractivity (Wildman–Crippen MR) is 67.5 cm³/mol. The lowest BCUT2D eigenvalue weighted by molar-refractivity contribution is 0.379. The summed E-state index contributed by atoms with van der Waals surface area (Å²) in [5.74, 6) is 0. The Labute approximate surface area is 98.5 Å². The van der Waals surface area contributed by atoms with Gasteiger partial charge in [-0.05, 0) is 56.5 Å². The van der Waals surface area contributed by atoms with Gasteiger partial charge in [0.2, 0.25) is 0 Å². The first kappa shape index (κ1) is 12.7. The summed E-state index contributed by atoms with van der Waals surface area (Å²) in [6.07, 6.45) is 1.02. The number of benzene rings is 1. The highest BCUT2D eigenvalue weighted by molar-refractivity contribution is 5.38. The fourth-order valence-electron chi connectivity index (χ4n) is 1.79. The molecule has 0 spiro atoms. The number of likely N-dealkylation sites (N-methyl/N-ethyl adjacent to an activating group) is 1. The number of nitriles is 1. The topological polar surface area (TPSA) is 27.0 Å². The van der Waals surface area contributed by atoms with E-state index in [1.807, 2.05) is 7.05 Å². The van der Waals surface area contributed by atoms with Gasteiger partial charge >= 0.3 is 0 Å². The second-order valence-electron chi connectivity index (χ2n) is 4.44. The van der Waals surface area contributed by atoms with Crippen LogP contribution in [0.5, 0.6) is 0 Å². The number of nitrogens with zero attached hydrogens (tertiary/aromatic N) is 2. The first-order valence-corrected chi connectivity index (χ1v) is 5.67. The highest BCUT2D eigenvalue weighted by Crippen LogP contribution is 2.17. The molecule has 0 aromatic heterocycles. The molecule has 1 aromatic carbocycles. The monoisotopic (exact) mass is 216 g/mol. The quantitative estimate of drug-likeness (QED) is 0.723. The van der Waals surface area contributed by atoms with Crippen molar-refractivity contribution in [2.24, 2.45) is 0 Å². The first-order valence-electron chi connectivity index (χ1n) is 5.67. The Hall–Kier alpha value is -1.33. The maximum Gasteiger partial charge on any atom is 0.0863 e. The van der Waals surface area contributed by atoms with Crippen molar-refractivity contribution in [3.8, 4) is 6.07 Å². The summed E-state index contributed by atoms with van der Waals surface area (Å²) >= 11 is 0. The van der Waals surface area contributed by atoms with Crippen LogP contribution in [0.25, 0.3) is 0 Å². The molecule has 0 radical (unpaired) electrons. The van der Waals surface area contributed by atoms with Gasteiger partial charge in [0.15, 0.2) is 0 Å². The summed E-state index contributed by atoms with van der Waals surface area (Å²) in [5.41, 5.74) is 5.53. The van der Waals surface area contributed by atoms with Crippen LogP contribution >= 0.6 is 0 Å². The van der Waals surface area contributed by atoms with Crippen LogP contribution in [0, 0.1) is 32.1 Å². The van der Waals surface area contributed by atoms with Crippen LogP contribution in [0.1, 0.15) is 22.3 Å². The molecule has 2 nitrogen and oxygen atoms in total. The van der Waals surface area contributed by atoms with Gasteiger partial charge in [-0.2, -0.15) is 5.26 Å². The molecule has 16 heavy (non-hydrogen) atoms. The standard InChI is InChI=1S/C14H20N2/c1-11-5-6-14(13(3)12(11)2)7-9-16(4)10-8-15/h5-6H,7,9-10H2,1-4H3. The zero-order chi connectivity index (χ0) is 12.1. The first-order chi connectivity index (χ1) is 7.56. The Morgan fingerprint density at radius 2 is 1.88 bits per heavy atom. The maximum absolute atomic E-state index is 8.58. The van der Waals surface area contributed by atoms with Crippen molar-refractivity contribution in [1.82, 2.24) is 4.90 Å². The summed E-state index contributed by atoms with van der Waals surface area (Å²) in [7, 11) is 1.99. The van der Waals surface area contributed by atoms with Gasteiger partial charge in [0.25, 0.3) is 0 Å². The lowest BCUT2D eigenvalue weighted by Gasteiger charge is -2.15. The Bertz CT molecular complexity index is 402. The Kier molecular flexibility index (Phi) is 4.52. The second kappa shape index (κ2) is 5.67. The molecule has 1 aromatic rings. The lowest BCUT2D eigenvalue weighted by Crippen LogP contribution is -2.21. The highest BCUT2D eigenvalue weighted by Gasteiger charge is 2.05. The van der Waals surface area contributed by atoms with Gasteiger partial charge < -0.3 is 0 Å². The van der Waals surface area contributed by atoms with E-state index in [1.54, 1.807) is 0 Å². The SMILES string of the molecule is Cc1ccc(CCN(C)CC#N)c(C)c1C. The van der Waals surface area contributed by atoms with Gasteiger partial charge in [-0.25, -0.2) is 0 Å². The minimum atomic E-state index is 0.504. The van der Waals surface area contributed by atoms with Crippen LogP contribution in [-0.2, 0) is 6.42 Å². The summed E-state index contributed by atoms with van der Waals surface area (Å²) in [6.45, 7) is 7.95. The van der Waals surface area contributed by atoms with Crippen LogP contribution in [0.4, 0.5) is 0 Å². The van der Waals surface area contributed by atoms with Crippen LogP contribution in [-0.4, -0.2) is 25.0 Å².